The molecule has 3 aromatic rings. The molecule has 0 aliphatic carbocycles. The number of carbonyl (C=O) groups excluding carboxylic acids is 2. The quantitative estimate of drug-likeness (QED) is 0.505. The largest absolute Gasteiger partial charge is 0.378 e. The van der Waals surface area contributed by atoms with E-state index in [4.69, 9.17) is 16.3 Å². The number of fused-ring (bicyclic) bond motifs is 1. The zero-order chi connectivity index (χ0) is 20.9. The number of morpholine rings is 1. The van der Waals surface area contributed by atoms with Gasteiger partial charge in [-0.25, -0.2) is 5.43 Å². The maximum atomic E-state index is 12.7. The van der Waals surface area contributed by atoms with Gasteiger partial charge < -0.3 is 14.2 Å². The number of hydrogen-bond acceptors (Lipinski definition) is 4. The molecule has 154 valence electrons. The van der Waals surface area contributed by atoms with Crippen molar-refractivity contribution < 1.29 is 14.3 Å². The van der Waals surface area contributed by atoms with E-state index in [1.165, 1.54) is 0 Å². The predicted octanol–water partition coefficient (Wildman–Crippen LogP) is 2.92. The minimum absolute atomic E-state index is 0.0526. The molecule has 0 radical (unpaired) electrons. The van der Waals surface area contributed by atoms with E-state index in [0.29, 0.717) is 36.9 Å². The summed E-state index contributed by atoms with van der Waals surface area (Å²) in [6.07, 6.45) is 3.46. The summed E-state index contributed by atoms with van der Waals surface area (Å²) in [5.74, 6) is -0.295. The first-order chi connectivity index (χ1) is 14.6. The number of nitrogens with zero attached hydrogens (tertiary/aromatic N) is 3. The van der Waals surface area contributed by atoms with Crippen LogP contribution in [0.4, 0.5) is 0 Å². The maximum Gasteiger partial charge on any atom is 0.271 e. The topological polar surface area (TPSA) is 75.9 Å². The molecule has 1 aromatic heterocycles. The van der Waals surface area contributed by atoms with Gasteiger partial charge in [0.2, 0.25) is 5.91 Å². The molecule has 1 N–H and O–H groups in total. The minimum atomic E-state index is -0.347. The molecule has 0 spiro atoms. The van der Waals surface area contributed by atoms with Gasteiger partial charge in [-0.1, -0.05) is 35.9 Å². The SMILES string of the molecule is O=C(NN=Cc1cn(CC(=O)N2CCOCC2)c2ccccc12)c1cccc(Cl)c1. The summed E-state index contributed by atoms with van der Waals surface area (Å²) in [5, 5.41) is 5.52. The Morgan fingerprint density at radius 2 is 1.93 bits per heavy atom. The zero-order valence-corrected chi connectivity index (χ0v) is 17.0. The van der Waals surface area contributed by atoms with Gasteiger partial charge in [0.1, 0.15) is 6.54 Å². The van der Waals surface area contributed by atoms with Crippen LogP contribution in [0, 0.1) is 0 Å². The maximum absolute atomic E-state index is 12.7. The zero-order valence-electron chi connectivity index (χ0n) is 16.3. The number of rotatable bonds is 5. The Hall–Kier alpha value is -3.16. The first-order valence-electron chi connectivity index (χ1n) is 9.64. The van der Waals surface area contributed by atoms with Crippen LogP contribution in [0.3, 0.4) is 0 Å². The lowest BCUT2D eigenvalue weighted by Crippen LogP contribution is -2.42. The van der Waals surface area contributed by atoms with Gasteiger partial charge in [0.15, 0.2) is 0 Å². The fourth-order valence-corrected chi connectivity index (χ4v) is 3.61. The Morgan fingerprint density at radius 1 is 1.13 bits per heavy atom. The van der Waals surface area contributed by atoms with Gasteiger partial charge in [0, 0.05) is 46.3 Å². The van der Waals surface area contributed by atoms with E-state index in [1.807, 2.05) is 39.9 Å². The molecule has 7 nitrogen and oxygen atoms in total. The van der Waals surface area contributed by atoms with Crippen LogP contribution < -0.4 is 5.43 Å². The molecule has 0 saturated carbocycles. The Morgan fingerprint density at radius 3 is 2.73 bits per heavy atom. The van der Waals surface area contributed by atoms with Crippen molar-refractivity contribution in [2.75, 3.05) is 26.3 Å². The van der Waals surface area contributed by atoms with Crippen LogP contribution >= 0.6 is 11.6 Å². The summed E-state index contributed by atoms with van der Waals surface area (Å²) in [5.41, 5.74) is 4.69. The highest BCUT2D eigenvalue weighted by molar-refractivity contribution is 6.30. The number of hydrazone groups is 1. The molecule has 0 atom stereocenters. The lowest BCUT2D eigenvalue weighted by molar-refractivity contribution is -0.135. The normalized spacial score (nSPS) is 14.4. The lowest BCUT2D eigenvalue weighted by Gasteiger charge is -2.27. The first kappa shape index (κ1) is 20.1. The molecular formula is C22H21ClN4O3. The van der Waals surface area contributed by atoms with Gasteiger partial charge in [-0.2, -0.15) is 5.10 Å². The van der Waals surface area contributed by atoms with Gasteiger partial charge >= 0.3 is 0 Å². The van der Waals surface area contributed by atoms with E-state index in [9.17, 15) is 9.59 Å². The van der Waals surface area contributed by atoms with Crippen molar-refractivity contribution in [2.24, 2.45) is 5.10 Å². The molecule has 1 saturated heterocycles. The van der Waals surface area contributed by atoms with Crippen molar-refractivity contribution in [3.05, 3.63) is 70.9 Å². The Kier molecular flexibility index (Phi) is 6.11. The van der Waals surface area contributed by atoms with Gasteiger partial charge in [0.25, 0.3) is 5.91 Å². The van der Waals surface area contributed by atoms with Crippen LogP contribution in [0.2, 0.25) is 5.02 Å². The molecular weight excluding hydrogens is 404 g/mol. The second kappa shape index (κ2) is 9.11. The third-order valence-corrected chi connectivity index (χ3v) is 5.18. The number of hydrogen-bond donors (Lipinski definition) is 1. The molecule has 2 amide bonds. The summed E-state index contributed by atoms with van der Waals surface area (Å²) in [6, 6.07) is 14.4. The van der Waals surface area contributed by atoms with Gasteiger partial charge in [0.05, 0.1) is 19.4 Å². The molecule has 8 heteroatoms. The number of para-hydroxylation sites is 1. The number of halogens is 1. The number of nitrogens with one attached hydrogen (secondary N) is 1. The van der Waals surface area contributed by atoms with Crippen molar-refractivity contribution in [2.45, 2.75) is 6.54 Å². The van der Waals surface area contributed by atoms with E-state index in [0.717, 1.165) is 16.5 Å². The summed E-state index contributed by atoms with van der Waals surface area (Å²) in [6.45, 7) is 2.61. The second-order valence-corrected chi connectivity index (χ2v) is 7.37. The summed E-state index contributed by atoms with van der Waals surface area (Å²) in [7, 11) is 0. The molecule has 0 bridgehead atoms. The molecule has 1 aliphatic heterocycles. The van der Waals surface area contributed by atoms with Crippen molar-refractivity contribution in [3.8, 4) is 0 Å². The number of amides is 2. The fourth-order valence-electron chi connectivity index (χ4n) is 3.42. The third kappa shape index (κ3) is 4.53. The van der Waals surface area contributed by atoms with Crippen LogP contribution in [0.1, 0.15) is 15.9 Å². The van der Waals surface area contributed by atoms with Crippen LogP contribution in [-0.4, -0.2) is 53.8 Å². The second-order valence-electron chi connectivity index (χ2n) is 6.93. The minimum Gasteiger partial charge on any atom is -0.378 e. The average molecular weight is 425 g/mol. The fraction of sp³-hybridized carbons (Fsp3) is 0.227. The third-order valence-electron chi connectivity index (χ3n) is 4.95. The Labute approximate surface area is 178 Å². The summed E-state index contributed by atoms with van der Waals surface area (Å²) in [4.78, 5) is 26.7. The van der Waals surface area contributed by atoms with Gasteiger partial charge in [-0.15, -0.1) is 0 Å². The lowest BCUT2D eigenvalue weighted by atomic mass is 10.2. The van der Waals surface area contributed by atoms with Crippen molar-refractivity contribution in [1.29, 1.82) is 0 Å². The highest BCUT2D eigenvalue weighted by atomic mass is 35.5. The number of carbonyl (C=O) groups is 2. The summed E-state index contributed by atoms with van der Waals surface area (Å²) >= 11 is 5.93. The Balaban J connectivity index is 1.51. The number of aromatic nitrogens is 1. The molecule has 2 aromatic carbocycles. The van der Waals surface area contributed by atoms with Crippen LogP contribution in [0.25, 0.3) is 10.9 Å². The molecule has 2 heterocycles. The van der Waals surface area contributed by atoms with Crippen molar-refractivity contribution >= 4 is 40.5 Å². The van der Waals surface area contributed by atoms with E-state index in [2.05, 4.69) is 10.5 Å². The molecule has 1 aliphatic rings. The van der Waals surface area contributed by atoms with E-state index < -0.39 is 0 Å². The standard InChI is InChI=1S/C22H21ClN4O3/c23-18-5-3-4-16(12-18)22(29)25-24-13-17-14-27(20-7-2-1-6-19(17)20)15-21(28)26-8-10-30-11-9-26/h1-7,12-14H,8-11,15H2,(H,25,29). The first-order valence-corrected chi connectivity index (χ1v) is 10.0. The molecule has 1 fully saturated rings. The van der Waals surface area contributed by atoms with Crippen LogP contribution in [-0.2, 0) is 16.1 Å². The number of ether oxygens (including phenoxy) is 1. The van der Waals surface area contributed by atoms with Crippen LogP contribution in [0.5, 0.6) is 0 Å². The van der Waals surface area contributed by atoms with E-state index >= 15 is 0 Å². The smallest absolute Gasteiger partial charge is 0.271 e. The van der Waals surface area contributed by atoms with E-state index in [1.54, 1.807) is 30.5 Å². The highest BCUT2D eigenvalue weighted by Crippen LogP contribution is 2.20. The van der Waals surface area contributed by atoms with Crippen molar-refractivity contribution in [1.82, 2.24) is 14.9 Å². The van der Waals surface area contributed by atoms with Crippen molar-refractivity contribution in [3.63, 3.8) is 0 Å². The van der Waals surface area contributed by atoms with Crippen LogP contribution in [0.15, 0.2) is 59.8 Å². The summed E-state index contributed by atoms with van der Waals surface area (Å²) < 4.78 is 7.23. The van der Waals surface area contributed by atoms with E-state index in [-0.39, 0.29) is 18.4 Å². The molecule has 4 rings (SSSR count). The molecule has 0 unspecified atom stereocenters. The van der Waals surface area contributed by atoms with Gasteiger partial charge in [-0.3, -0.25) is 9.59 Å². The Bertz CT molecular complexity index is 1100. The number of benzene rings is 2. The highest BCUT2D eigenvalue weighted by Gasteiger charge is 2.18. The van der Waals surface area contributed by atoms with Gasteiger partial charge in [-0.05, 0) is 24.3 Å². The monoisotopic (exact) mass is 424 g/mol. The average Bonchev–Trinajstić information content (AvgIpc) is 3.12. The molecule has 30 heavy (non-hydrogen) atoms. The predicted molar refractivity (Wildman–Crippen MR) is 116 cm³/mol.